The molecule has 0 aromatic heterocycles. The van der Waals surface area contributed by atoms with Crippen LogP contribution >= 0.6 is 0 Å². The smallest absolute Gasteiger partial charge is 0.310 e. The van der Waals surface area contributed by atoms with Crippen molar-refractivity contribution in [2.24, 2.45) is 0 Å². The number of hydrogen-bond acceptors (Lipinski definition) is 2. The van der Waals surface area contributed by atoms with Gasteiger partial charge in [-0.1, -0.05) is 23.3 Å². The summed E-state index contributed by atoms with van der Waals surface area (Å²) in [5, 5.41) is 0. The van der Waals surface area contributed by atoms with Crippen molar-refractivity contribution in [3.05, 3.63) is 23.3 Å². The van der Waals surface area contributed by atoms with E-state index >= 15 is 0 Å². The first-order valence-electron chi connectivity index (χ1n) is 6.21. The van der Waals surface area contributed by atoms with E-state index in [1.165, 1.54) is 11.1 Å². The molecule has 0 amide bonds. The summed E-state index contributed by atoms with van der Waals surface area (Å²) in [7, 11) is 0. The lowest BCUT2D eigenvalue weighted by atomic mass is 10.1. The lowest BCUT2D eigenvalue weighted by Crippen LogP contribution is -2.23. The highest BCUT2D eigenvalue weighted by Gasteiger charge is 2.14. The summed E-state index contributed by atoms with van der Waals surface area (Å²) in [4.78, 5) is 11.5. The minimum absolute atomic E-state index is 0.154. The Kier molecular flexibility index (Phi) is 6.86. The molecule has 0 radical (unpaired) electrons. The van der Waals surface area contributed by atoms with E-state index in [9.17, 15) is 4.79 Å². The van der Waals surface area contributed by atoms with Crippen LogP contribution in [0.1, 0.15) is 60.8 Å². The van der Waals surface area contributed by atoms with Crippen LogP contribution < -0.4 is 0 Å². The number of carbonyl (C=O) groups excluding carboxylic acids is 1. The molecule has 0 saturated carbocycles. The molecule has 2 nitrogen and oxygen atoms in total. The Morgan fingerprint density at radius 1 is 1.12 bits per heavy atom. The molecule has 0 bridgehead atoms. The fraction of sp³-hybridized carbons (Fsp3) is 0.667. The van der Waals surface area contributed by atoms with Crippen LogP contribution in [-0.2, 0) is 9.53 Å². The molecule has 0 rings (SSSR count). The van der Waals surface area contributed by atoms with E-state index in [1.807, 2.05) is 26.8 Å². The van der Waals surface area contributed by atoms with Gasteiger partial charge in [0.2, 0.25) is 0 Å². The molecule has 0 aromatic carbocycles. The summed E-state index contributed by atoms with van der Waals surface area (Å²) in [6.07, 6.45) is 6.60. The van der Waals surface area contributed by atoms with Gasteiger partial charge in [0.05, 0.1) is 6.42 Å². The molecule has 0 N–H and O–H groups in total. The Bertz CT molecular complexity index is 299. The predicted octanol–water partition coefficient (Wildman–Crippen LogP) is 4.41. The van der Waals surface area contributed by atoms with Crippen molar-refractivity contribution >= 4 is 5.97 Å². The molecule has 0 aromatic rings. The monoisotopic (exact) mass is 238 g/mol. The third-order valence-corrected chi connectivity index (χ3v) is 2.13. The summed E-state index contributed by atoms with van der Waals surface area (Å²) in [5.41, 5.74) is 2.19. The van der Waals surface area contributed by atoms with E-state index in [2.05, 4.69) is 26.8 Å². The van der Waals surface area contributed by atoms with Crippen molar-refractivity contribution in [2.45, 2.75) is 66.4 Å². The number of carbonyl (C=O) groups is 1. The molecule has 98 valence electrons. The maximum Gasteiger partial charge on any atom is 0.310 e. The second-order valence-electron chi connectivity index (χ2n) is 5.66. The fourth-order valence-electron chi connectivity index (χ4n) is 1.33. The molecule has 17 heavy (non-hydrogen) atoms. The average Bonchev–Trinajstić information content (AvgIpc) is 2.11. The first-order chi connectivity index (χ1) is 7.70. The van der Waals surface area contributed by atoms with E-state index in [4.69, 9.17) is 4.74 Å². The molecule has 0 saturated heterocycles. The van der Waals surface area contributed by atoms with E-state index in [0.717, 1.165) is 12.8 Å². The highest BCUT2D eigenvalue weighted by molar-refractivity contribution is 5.71. The van der Waals surface area contributed by atoms with Gasteiger partial charge in [0, 0.05) is 0 Å². The quantitative estimate of drug-likeness (QED) is 0.524. The number of ether oxygens (including phenoxy) is 1. The van der Waals surface area contributed by atoms with Gasteiger partial charge in [-0.3, -0.25) is 4.79 Å². The van der Waals surface area contributed by atoms with Gasteiger partial charge < -0.3 is 4.74 Å². The van der Waals surface area contributed by atoms with Crippen LogP contribution in [-0.4, -0.2) is 11.6 Å². The predicted molar refractivity (Wildman–Crippen MR) is 72.9 cm³/mol. The van der Waals surface area contributed by atoms with Gasteiger partial charge in [0.25, 0.3) is 0 Å². The number of esters is 1. The van der Waals surface area contributed by atoms with Gasteiger partial charge >= 0.3 is 5.97 Å². The van der Waals surface area contributed by atoms with Crippen molar-refractivity contribution in [3.63, 3.8) is 0 Å². The van der Waals surface area contributed by atoms with Crippen molar-refractivity contribution in [1.29, 1.82) is 0 Å². The molecule has 0 atom stereocenters. The maximum atomic E-state index is 11.5. The summed E-state index contributed by atoms with van der Waals surface area (Å²) >= 11 is 0. The van der Waals surface area contributed by atoms with Gasteiger partial charge in [-0.25, -0.2) is 0 Å². The Morgan fingerprint density at radius 3 is 2.18 bits per heavy atom. The molecule has 0 spiro atoms. The number of rotatable bonds is 5. The lowest BCUT2D eigenvalue weighted by molar-refractivity contribution is -0.153. The Hall–Kier alpha value is -1.05. The van der Waals surface area contributed by atoms with Crippen LogP contribution in [0.2, 0.25) is 0 Å². The van der Waals surface area contributed by atoms with E-state index in [-0.39, 0.29) is 11.6 Å². The minimum Gasteiger partial charge on any atom is -0.460 e. The highest BCUT2D eigenvalue weighted by atomic mass is 16.6. The van der Waals surface area contributed by atoms with Crippen LogP contribution in [0.15, 0.2) is 23.3 Å². The molecule has 0 aliphatic rings. The van der Waals surface area contributed by atoms with Crippen LogP contribution in [0.5, 0.6) is 0 Å². The van der Waals surface area contributed by atoms with Crippen LogP contribution in [0.25, 0.3) is 0 Å². The third kappa shape index (κ3) is 11.2. The van der Waals surface area contributed by atoms with Gasteiger partial charge in [-0.15, -0.1) is 0 Å². The second-order valence-corrected chi connectivity index (χ2v) is 5.66. The molecule has 0 aliphatic carbocycles. The Morgan fingerprint density at radius 2 is 1.71 bits per heavy atom. The average molecular weight is 238 g/mol. The Labute approximate surface area is 106 Å². The van der Waals surface area contributed by atoms with E-state index in [1.54, 1.807) is 0 Å². The summed E-state index contributed by atoms with van der Waals surface area (Å²) in [5.74, 6) is -0.154. The summed E-state index contributed by atoms with van der Waals surface area (Å²) in [6, 6.07) is 0. The lowest BCUT2D eigenvalue weighted by Gasteiger charge is -2.18. The standard InChI is InChI=1S/C15H26O2/c1-12(2)8-7-9-13(3)10-11-14(16)17-15(4,5)6/h8,10H,7,9,11H2,1-6H3. The third-order valence-electron chi connectivity index (χ3n) is 2.13. The molecule has 0 heterocycles. The van der Waals surface area contributed by atoms with Crippen LogP contribution in [0.4, 0.5) is 0 Å². The Balaban J connectivity index is 3.99. The molecule has 0 unspecified atom stereocenters. The number of hydrogen-bond donors (Lipinski definition) is 0. The molecule has 2 heteroatoms. The normalized spacial score (nSPS) is 12.2. The molecular formula is C15H26O2. The largest absolute Gasteiger partial charge is 0.460 e. The topological polar surface area (TPSA) is 26.3 Å². The zero-order valence-corrected chi connectivity index (χ0v) is 12.1. The van der Waals surface area contributed by atoms with E-state index in [0.29, 0.717) is 6.42 Å². The van der Waals surface area contributed by atoms with E-state index < -0.39 is 0 Å². The molecular weight excluding hydrogens is 212 g/mol. The minimum atomic E-state index is -0.388. The first kappa shape index (κ1) is 16.0. The van der Waals surface area contributed by atoms with Crippen molar-refractivity contribution < 1.29 is 9.53 Å². The SMILES string of the molecule is CC(C)=CCCC(C)=CCC(=O)OC(C)(C)C. The van der Waals surface area contributed by atoms with Crippen LogP contribution in [0, 0.1) is 0 Å². The molecule has 0 fully saturated rings. The highest BCUT2D eigenvalue weighted by Crippen LogP contribution is 2.11. The van der Waals surface area contributed by atoms with Gasteiger partial charge in [0.1, 0.15) is 5.60 Å². The van der Waals surface area contributed by atoms with Crippen molar-refractivity contribution in [1.82, 2.24) is 0 Å². The van der Waals surface area contributed by atoms with Crippen LogP contribution in [0.3, 0.4) is 0 Å². The zero-order valence-electron chi connectivity index (χ0n) is 12.1. The summed E-state index contributed by atoms with van der Waals surface area (Å²) < 4.78 is 5.24. The van der Waals surface area contributed by atoms with Gasteiger partial charge in [-0.2, -0.15) is 0 Å². The summed E-state index contributed by atoms with van der Waals surface area (Å²) in [6.45, 7) is 11.9. The number of allylic oxidation sites excluding steroid dienone is 3. The molecule has 0 aliphatic heterocycles. The van der Waals surface area contributed by atoms with Gasteiger partial charge in [-0.05, 0) is 54.4 Å². The fourth-order valence-corrected chi connectivity index (χ4v) is 1.33. The van der Waals surface area contributed by atoms with Crippen molar-refractivity contribution in [3.8, 4) is 0 Å². The zero-order chi connectivity index (χ0) is 13.5. The van der Waals surface area contributed by atoms with Crippen molar-refractivity contribution in [2.75, 3.05) is 0 Å². The first-order valence-corrected chi connectivity index (χ1v) is 6.21. The maximum absolute atomic E-state index is 11.5. The van der Waals surface area contributed by atoms with Gasteiger partial charge in [0.15, 0.2) is 0 Å². The second kappa shape index (κ2) is 7.31.